The fraction of sp³-hybridized carbons (Fsp3) is 0.318. The van der Waals surface area contributed by atoms with Crippen LogP contribution in [0.5, 0.6) is 0 Å². The third-order valence-corrected chi connectivity index (χ3v) is 6.33. The number of rotatable bonds is 4. The minimum Gasteiger partial charge on any atom is -0.481 e. The first-order chi connectivity index (χ1) is 14.6. The van der Waals surface area contributed by atoms with Crippen LogP contribution in [0.1, 0.15) is 36.0 Å². The standard InChI is InChI=1S/C22H18F3N3O2S/c23-22(24,25)18-11-17(7-4-15(18)12-26)27-13-21(8-1-9-21)28(20(27)31)16-5-2-14(3-6-16)10-19(29)30/h2-7,11H,1,8-10,13H2,(H,29,30). The molecule has 0 atom stereocenters. The quantitative estimate of drug-likeness (QED) is 0.686. The molecule has 0 amide bonds. The Hall–Kier alpha value is -3.12. The van der Waals surface area contributed by atoms with Crippen LogP contribution in [0.25, 0.3) is 0 Å². The number of halogens is 3. The minimum atomic E-state index is -4.64. The van der Waals surface area contributed by atoms with E-state index in [0.29, 0.717) is 22.9 Å². The summed E-state index contributed by atoms with van der Waals surface area (Å²) < 4.78 is 40.3. The first kappa shape index (κ1) is 21.1. The number of hydrogen-bond acceptors (Lipinski definition) is 3. The van der Waals surface area contributed by atoms with Crippen molar-refractivity contribution in [2.75, 3.05) is 16.3 Å². The lowest BCUT2D eigenvalue weighted by Gasteiger charge is -2.45. The lowest BCUT2D eigenvalue weighted by Crippen LogP contribution is -2.52. The normalized spacial score (nSPS) is 17.5. The van der Waals surface area contributed by atoms with Crippen LogP contribution in [0.3, 0.4) is 0 Å². The molecular formula is C22H18F3N3O2S. The topological polar surface area (TPSA) is 67.6 Å². The van der Waals surface area contributed by atoms with Gasteiger partial charge in [0.2, 0.25) is 0 Å². The summed E-state index contributed by atoms with van der Waals surface area (Å²) >= 11 is 5.69. The van der Waals surface area contributed by atoms with Crippen LogP contribution in [-0.2, 0) is 17.4 Å². The van der Waals surface area contributed by atoms with Crippen molar-refractivity contribution in [1.82, 2.24) is 0 Å². The third-order valence-electron chi connectivity index (χ3n) is 5.92. The van der Waals surface area contributed by atoms with E-state index in [9.17, 15) is 18.0 Å². The Balaban J connectivity index is 1.69. The summed E-state index contributed by atoms with van der Waals surface area (Å²) in [5.74, 6) is -0.924. The van der Waals surface area contributed by atoms with Crippen LogP contribution < -0.4 is 9.80 Å². The largest absolute Gasteiger partial charge is 0.481 e. The molecule has 0 bridgehead atoms. The molecule has 2 aromatic carbocycles. The van der Waals surface area contributed by atoms with E-state index in [2.05, 4.69) is 0 Å². The zero-order valence-electron chi connectivity index (χ0n) is 16.3. The van der Waals surface area contributed by atoms with E-state index in [-0.39, 0.29) is 12.0 Å². The number of alkyl halides is 3. The molecule has 9 heteroatoms. The first-order valence-corrected chi connectivity index (χ1v) is 10.1. The van der Waals surface area contributed by atoms with Gasteiger partial charge in [-0.1, -0.05) is 12.1 Å². The summed E-state index contributed by atoms with van der Waals surface area (Å²) in [5, 5.41) is 18.4. The van der Waals surface area contributed by atoms with Crippen molar-refractivity contribution < 1.29 is 23.1 Å². The van der Waals surface area contributed by atoms with Gasteiger partial charge in [0.15, 0.2) is 5.11 Å². The van der Waals surface area contributed by atoms with Gasteiger partial charge in [-0.05, 0) is 67.4 Å². The maximum absolute atomic E-state index is 13.4. The van der Waals surface area contributed by atoms with Crippen LogP contribution >= 0.6 is 12.2 Å². The number of thiocarbonyl (C=S) groups is 1. The number of benzene rings is 2. The van der Waals surface area contributed by atoms with E-state index in [1.54, 1.807) is 35.2 Å². The molecule has 160 valence electrons. The Labute approximate surface area is 182 Å². The average molecular weight is 445 g/mol. The van der Waals surface area contributed by atoms with Gasteiger partial charge >= 0.3 is 12.1 Å². The molecule has 0 aromatic heterocycles. The second kappa shape index (κ2) is 7.54. The number of nitriles is 1. The summed E-state index contributed by atoms with van der Waals surface area (Å²) in [6.45, 7) is 0.450. The Bertz CT molecular complexity index is 1090. The van der Waals surface area contributed by atoms with Crippen molar-refractivity contribution in [2.24, 2.45) is 0 Å². The van der Waals surface area contributed by atoms with Gasteiger partial charge in [-0.2, -0.15) is 18.4 Å². The molecular weight excluding hydrogens is 427 g/mol. The van der Waals surface area contributed by atoms with Gasteiger partial charge in [0.05, 0.1) is 29.2 Å². The third kappa shape index (κ3) is 3.72. The molecule has 1 N–H and O–H groups in total. The molecule has 5 nitrogen and oxygen atoms in total. The van der Waals surface area contributed by atoms with Gasteiger partial charge in [0.1, 0.15) is 0 Å². The van der Waals surface area contributed by atoms with Gasteiger partial charge in [-0.15, -0.1) is 0 Å². The average Bonchev–Trinajstić information content (AvgIpc) is 3.01. The highest BCUT2D eigenvalue weighted by Gasteiger charge is 2.52. The molecule has 31 heavy (non-hydrogen) atoms. The highest BCUT2D eigenvalue weighted by Crippen LogP contribution is 2.47. The fourth-order valence-corrected chi connectivity index (χ4v) is 4.75. The van der Waals surface area contributed by atoms with Crippen molar-refractivity contribution in [3.05, 3.63) is 59.2 Å². The van der Waals surface area contributed by atoms with E-state index in [1.165, 1.54) is 12.1 Å². The molecule has 2 aromatic rings. The Morgan fingerprint density at radius 3 is 2.32 bits per heavy atom. The lowest BCUT2D eigenvalue weighted by atomic mass is 9.76. The Kier molecular flexibility index (Phi) is 5.13. The zero-order chi connectivity index (χ0) is 22.4. The fourth-order valence-electron chi connectivity index (χ4n) is 4.28. The minimum absolute atomic E-state index is 0.0898. The second-order valence-electron chi connectivity index (χ2n) is 7.86. The maximum atomic E-state index is 13.4. The van der Waals surface area contributed by atoms with Crippen molar-refractivity contribution in [2.45, 2.75) is 37.4 Å². The summed E-state index contributed by atoms with van der Waals surface area (Å²) in [5.41, 5.74) is 0.0268. The number of anilines is 2. The lowest BCUT2D eigenvalue weighted by molar-refractivity contribution is -0.138. The number of hydrogen-bond donors (Lipinski definition) is 1. The molecule has 1 aliphatic heterocycles. The molecule has 2 fully saturated rings. The van der Waals surface area contributed by atoms with Crippen molar-refractivity contribution in [3.63, 3.8) is 0 Å². The number of aliphatic carboxylic acids is 1. The number of carboxylic acid groups (broad SMARTS) is 1. The highest BCUT2D eigenvalue weighted by molar-refractivity contribution is 7.80. The van der Waals surface area contributed by atoms with Crippen molar-refractivity contribution in [1.29, 1.82) is 5.26 Å². The van der Waals surface area contributed by atoms with E-state index in [0.717, 1.165) is 31.0 Å². The van der Waals surface area contributed by atoms with Gasteiger partial charge in [-0.3, -0.25) is 4.79 Å². The Morgan fingerprint density at radius 2 is 1.81 bits per heavy atom. The predicted molar refractivity (Wildman–Crippen MR) is 113 cm³/mol. The molecule has 0 unspecified atom stereocenters. The first-order valence-electron chi connectivity index (χ1n) is 9.68. The van der Waals surface area contributed by atoms with Crippen LogP contribution in [0.2, 0.25) is 0 Å². The van der Waals surface area contributed by atoms with Gasteiger partial charge in [0, 0.05) is 17.9 Å². The van der Waals surface area contributed by atoms with E-state index in [1.807, 2.05) is 4.90 Å². The highest BCUT2D eigenvalue weighted by atomic mass is 32.1. The second-order valence-corrected chi connectivity index (χ2v) is 8.22. The van der Waals surface area contributed by atoms with Crippen LogP contribution in [0.4, 0.5) is 24.5 Å². The van der Waals surface area contributed by atoms with E-state index in [4.69, 9.17) is 22.6 Å². The molecule has 2 aliphatic rings. The molecule has 1 saturated heterocycles. The summed E-state index contributed by atoms with van der Waals surface area (Å²) in [7, 11) is 0. The monoisotopic (exact) mass is 445 g/mol. The van der Waals surface area contributed by atoms with Crippen LogP contribution in [-0.4, -0.2) is 28.3 Å². The summed E-state index contributed by atoms with van der Waals surface area (Å²) in [4.78, 5) is 14.6. The van der Waals surface area contributed by atoms with E-state index < -0.39 is 23.3 Å². The van der Waals surface area contributed by atoms with Crippen LogP contribution in [0, 0.1) is 11.3 Å². The summed E-state index contributed by atoms with van der Waals surface area (Å²) in [6.07, 6.45) is -2.04. The number of carbonyl (C=O) groups is 1. The van der Waals surface area contributed by atoms with Gasteiger partial charge < -0.3 is 14.9 Å². The summed E-state index contributed by atoms with van der Waals surface area (Å²) in [6, 6.07) is 12.3. The van der Waals surface area contributed by atoms with Crippen LogP contribution in [0.15, 0.2) is 42.5 Å². The number of nitrogens with zero attached hydrogens (tertiary/aromatic N) is 3. The molecule has 1 heterocycles. The van der Waals surface area contributed by atoms with Gasteiger partial charge in [-0.25, -0.2) is 0 Å². The van der Waals surface area contributed by atoms with E-state index >= 15 is 0 Å². The van der Waals surface area contributed by atoms with Crippen molar-refractivity contribution >= 4 is 34.7 Å². The molecule has 4 rings (SSSR count). The Morgan fingerprint density at radius 1 is 1.16 bits per heavy atom. The van der Waals surface area contributed by atoms with Gasteiger partial charge in [0.25, 0.3) is 0 Å². The number of carboxylic acids is 1. The molecule has 1 spiro atoms. The SMILES string of the molecule is N#Cc1ccc(N2CC3(CCC3)N(c3ccc(CC(=O)O)cc3)C2=S)cc1C(F)(F)F. The zero-order valence-corrected chi connectivity index (χ0v) is 17.1. The predicted octanol–water partition coefficient (Wildman–Crippen LogP) is 4.74. The molecule has 1 aliphatic carbocycles. The van der Waals surface area contributed by atoms with Crippen molar-refractivity contribution in [3.8, 4) is 6.07 Å². The molecule has 0 radical (unpaired) electrons. The maximum Gasteiger partial charge on any atom is 0.417 e. The smallest absolute Gasteiger partial charge is 0.417 e. The molecule has 1 saturated carbocycles.